The Kier molecular flexibility index (Phi) is 3.56. The number of rotatable bonds is 2. The van der Waals surface area contributed by atoms with Crippen LogP contribution in [0.4, 0.5) is 0 Å². The van der Waals surface area contributed by atoms with E-state index in [-0.39, 0.29) is 0 Å². The van der Waals surface area contributed by atoms with E-state index in [0.717, 1.165) is 28.0 Å². The molecule has 0 aliphatic rings. The highest BCUT2D eigenvalue weighted by Crippen LogP contribution is 2.26. The number of nitrogens with one attached hydrogen (secondary N) is 1. The second-order valence-corrected chi connectivity index (χ2v) is 5.43. The van der Waals surface area contributed by atoms with Crippen molar-refractivity contribution in [1.82, 2.24) is 9.97 Å². The first-order chi connectivity index (χ1) is 7.63. The summed E-state index contributed by atoms with van der Waals surface area (Å²) >= 11 is 10.4. The Hall–Kier alpha value is -0.520. The van der Waals surface area contributed by atoms with Crippen molar-refractivity contribution in [1.29, 1.82) is 0 Å². The van der Waals surface area contributed by atoms with Gasteiger partial charge in [0, 0.05) is 16.6 Å². The van der Waals surface area contributed by atoms with Crippen molar-refractivity contribution >= 4 is 39.5 Å². The second-order valence-electron chi connectivity index (χ2n) is 3.51. The van der Waals surface area contributed by atoms with E-state index in [0.29, 0.717) is 4.64 Å². The quantitative estimate of drug-likeness (QED) is 0.827. The number of halogens is 1. The summed E-state index contributed by atoms with van der Waals surface area (Å²) in [6.07, 6.45) is 0.906. The number of thiophene rings is 1. The fourth-order valence-electron chi connectivity index (χ4n) is 1.48. The van der Waals surface area contributed by atoms with E-state index < -0.39 is 0 Å². The second kappa shape index (κ2) is 4.77. The number of hydrogen-bond donors (Lipinski definition) is 1. The number of aromatic nitrogens is 2. The van der Waals surface area contributed by atoms with Crippen LogP contribution in [0, 0.1) is 11.6 Å². The molecular formula is C11H11BrN2S2. The molecule has 2 aromatic rings. The van der Waals surface area contributed by atoms with Crippen LogP contribution in [0.3, 0.4) is 0 Å². The van der Waals surface area contributed by atoms with Crippen molar-refractivity contribution in [2.75, 3.05) is 0 Å². The average Bonchev–Trinajstić information content (AvgIpc) is 2.68. The van der Waals surface area contributed by atoms with E-state index in [9.17, 15) is 0 Å². The van der Waals surface area contributed by atoms with E-state index in [1.54, 1.807) is 11.3 Å². The smallest absolute Gasteiger partial charge is 0.144 e. The van der Waals surface area contributed by atoms with Crippen LogP contribution in [0.15, 0.2) is 15.2 Å². The van der Waals surface area contributed by atoms with Crippen LogP contribution >= 0.6 is 39.5 Å². The zero-order valence-corrected chi connectivity index (χ0v) is 12.2. The zero-order valence-electron chi connectivity index (χ0n) is 9.00. The Morgan fingerprint density at radius 1 is 1.50 bits per heavy atom. The van der Waals surface area contributed by atoms with Crippen LogP contribution in [0.2, 0.25) is 0 Å². The third-order valence-corrected chi connectivity index (χ3v) is 4.67. The van der Waals surface area contributed by atoms with Gasteiger partial charge in [-0.05, 0) is 40.2 Å². The van der Waals surface area contributed by atoms with Crippen molar-refractivity contribution < 1.29 is 0 Å². The van der Waals surface area contributed by atoms with E-state index in [1.807, 2.05) is 0 Å². The molecule has 2 aromatic heterocycles. The van der Waals surface area contributed by atoms with Crippen LogP contribution in [0.25, 0.3) is 11.4 Å². The maximum atomic E-state index is 5.24. The minimum absolute atomic E-state index is 0.621. The summed E-state index contributed by atoms with van der Waals surface area (Å²) in [6.45, 7) is 4.17. The molecule has 0 aliphatic heterocycles. The van der Waals surface area contributed by atoms with Crippen molar-refractivity contribution in [3.05, 3.63) is 31.1 Å². The third kappa shape index (κ3) is 2.12. The summed E-state index contributed by atoms with van der Waals surface area (Å²) in [5.74, 6) is 0.865. The highest BCUT2D eigenvalue weighted by molar-refractivity contribution is 9.10. The first kappa shape index (κ1) is 12.0. The van der Waals surface area contributed by atoms with Crippen molar-refractivity contribution in [3.8, 4) is 11.4 Å². The van der Waals surface area contributed by atoms with Crippen LogP contribution < -0.4 is 0 Å². The minimum atomic E-state index is 0.621. The molecule has 0 spiro atoms. The van der Waals surface area contributed by atoms with Gasteiger partial charge in [-0.1, -0.05) is 19.1 Å². The Labute approximate surface area is 112 Å². The van der Waals surface area contributed by atoms with Gasteiger partial charge in [-0.15, -0.1) is 0 Å². The molecule has 0 atom stereocenters. The summed E-state index contributed by atoms with van der Waals surface area (Å²) < 4.78 is 1.53. The van der Waals surface area contributed by atoms with Gasteiger partial charge in [-0.25, -0.2) is 4.98 Å². The van der Waals surface area contributed by atoms with Crippen LogP contribution in [-0.4, -0.2) is 9.97 Å². The van der Waals surface area contributed by atoms with E-state index in [4.69, 9.17) is 12.2 Å². The molecule has 0 saturated heterocycles. The van der Waals surface area contributed by atoms with Crippen molar-refractivity contribution in [3.63, 3.8) is 0 Å². The number of hydrogen-bond acceptors (Lipinski definition) is 3. The van der Waals surface area contributed by atoms with Gasteiger partial charge in [0.25, 0.3) is 0 Å². The van der Waals surface area contributed by atoms with Crippen molar-refractivity contribution in [2.24, 2.45) is 0 Å². The molecule has 2 rings (SSSR count). The molecule has 0 aromatic carbocycles. The predicted octanol–water partition coefficient (Wildman–Crippen LogP) is 4.50. The number of H-pyrrole nitrogens is 1. The maximum Gasteiger partial charge on any atom is 0.144 e. The Morgan fingerprint density at radius 2 is 2.25 bits per heavy atom. The molecule has 16 heavy (non-hydrogen) atoms. The zero-order chi connectivity index (χ0) is 11.7. The first-order valence-corrected chi connectivity index (χ1v) is 7.09. The molecule has 0 radical (unpaired) electrons. The van der Waals surface area contributed by atoms with Gasteiger partial charge < -0.3 is 4.98 Å². The molecular weight excluding hydrogens is 304 g/mol. The summed E-state index contributed by atoms with van der Waals surface area (Å²) in [7, 11) is 0. The van der Waals surface area contributed by atoms with Gasteiger partial charge in [0.1, 0.15) is 10.5 Å². The molecule has 0 saturated carbocycles. The third-order valence-electron chi connectivity index (χ3n) is 2.40. The maximum absolute atomic E-state index is 5.24. The highest BCUT2D eigenvalue weighted by Gasteiger charge is 2.09. The van der Waals surface area contributed by atoms with E-state index >= 15 is 0 Å². The van der Waals surface area contributed by atoms with Gasteiger partial charge >= 0.3 is 0 Å². The van der Waals surface area contributed by atoms with Crippen molar-refractivity contribution in [2.45, 2.75) is 20.3 Å². The van der Waals surface area contributed by atoms with E-state index in [1.165, 1.54) is 5.56 Å². The lowest BCUT2D eigenvalue weighted by Crippen LogP contribution is -1.97. The van der Waals surface area contributed by atoms with Gasteiger partial charge in [-0.2, -0.15) is 11.3 Å². The summed E-state index contributed by atoms with van der Waals surface area (Å²) in [6, 6.07) is 0. The van der Waals surface area contributed by atoms with Crippen LogP contribution in [0.1, 0.15) is 18.2 Å². The minimum Gasteiger partial charge on any atom is -0.342 e. The molecule has 1 N–H and O–H groups in total. The summed E-state index contributed by atoms with van der Waals surface area (Å²) in [5.41, 5.74) is 3.46. The first-order valence-electron chi connectivity index (χ1n) is 4.95. The molecule has 0 bridgehead atoms. The summed E-state index contributed by atoms with van der Waals surface area (Å²) in [4.78, 5) is 7.73. The Bertz CT molecular complexity index is 572. The molecule has 0 amide bonds. The molecule has 0 aliphatic carbocycles. The molecule has 0 unspecified atom stereocenters. The van der Waals surface area contributed by atoms with Gasteiger partial charge in [-0.3, -0.25) is 0 Å². The normalized spacial score (nSPS) is 10.7. The lowest BCUT2D eigenvalue weighted by molar-refractivity contribution is 0.983. The van der Waals surface area contributed by atoms with Crippen LogP contribution in [0.5, 0.6) is 0 Å². The number of aromatic amines is 1. The molecule has 2 nitrogen and oxygen atoms in total. The topological polar surface area (TPSA) is 28.7 Å². The number of nitrogens with zero attached hydrogens (tertiary/aromatic N) is 1. The van der Waals surface area contributed by atoms with Gasteiger partial charge in [0.05, 0.1) is 4.47 Å². The molecule has 5 heteroatoms. The highest BCUT2D eigenvalue weighted by atomic mass is 79.9. The summed E-state index contributed by atoms with van der Waals surface area (Å²) in [5, 5.41) is 4.21. The Balaban J connectivity index is 2.64. The van der Waals surface area contributed by atoms with E-state index in [2.05, 4.69) is 50.5 Å². The lowest BCUT2D eigenvalue weighted by atomic mass is 10.2. The fourth-order valence-corrected chi connectivity index (χ4v) is 3.00. The average molecular weight is 315 g/mol. The molecule has 2 heterocycles. The standard InChI is InChI=1S/C11H11BrN2S2/c1-3-8-9(12)11(15)14-10(13-8)7-5-16-4-6(7)2/h4-5H,3H2,1-2H3,(H,13,14,15). The van der Waals surface area contributed by atoms with Gasteiger partial charge in [0.15, 0.2) is 0 Å². The van der Waals surface area contributed by atoms with Gasteiger partial charge in [0.2, 0.25) is 0 Å². The molecule has 84 valence electrons. The SMILES string of the molecule is CCc1[nH]c(-c2cscc2C)nc(=S)c1Br. The number of aryl methyl sites for hydroxylation is 2. The Morgan fingerprint density at radius 3 is 2.81 bits per heavy atom. The largest absolute Gasteiger partial charge is 0.342 e. The predicted molar refractivity (Wildman–Crippen MR) is 74.5 cm³/mol. The monoisotopic (exact) mass is 314 g/mol. The fraction of sp³-hybridized carbons (Fsp3) is 0.273. The van der Waals surface area contributed by atoms with Crippen LogP contribution in [-0.2, 0) is 6.42 Å². The lowest BCUT2D eigenvalue weighted by Gasteiger charge is -2.06. The molecule has 0 fully saturated rings.